The summed E-state index contributed by atoms with van der Waals surface area (Å²) in [6, 6.07) is 11.8. The van der Waals surface area contributed by atoms with E-state index in [9.17, 15) is 9.59 Å². The van der Waals surface area contributed by atoms with E-state index < -0.39 is 5.41 Å². The van der Waals surface area contributed by atoms with E-state index in [4.69, 9.17) is 9.72 Å². The fraction of sp³-hybridized carbons (Fsp3) is 0.481. The van der Waals surface area contributed by atoms with Crippen LogP contribution in [0, 0.1) is 0 Å². The van der Waals surface area contributed by atoms with Gasteiger partial charge in [-0.3, -0.25) is 19.0 Å². The highest BCUT2D eigenvalue weighted by Gasteiger charge is 2.49. The van der Waals surface area contributed by atoms with Gasteiger partial charge in [-0.25, -0.2) is 4.98 Å². The lowest BCUT2D eigenvalue weighted by atomic mass is 9.81. The minimum absolute atomic E-state index is 0.230. The molecule has 1 amide bonds. The molecule has 2 N–H and O–H groups in total. The lowest BCUT2D eigenvalue weighted by molar-refractivity contribution is -0.140. The molecule has 2 saturated heterocycles. The number of nitrogens with zero attached hydrogens (tertiary/aromatic N) is 4. The number of ether oxygens (including phenoxy) is 1. The highest BCUT2D eigenvalue weighted by Crippen LogP contribution is 2.33. The van der Waals surface area contributed by atoms with Crippen LogP contribution in [0.15, 0.2) is 53.6 Å². The van der Waals surface area contributed by atoms with Gasteiger partial charge >= 0.3 is 0 Å². The number of aromatic nitrogens is 3. The molecule has 9 nitrogen and oxygen atoms in total. The molecule has 0 bridgehead atoms. The highest BCUT2D eigenvalue weighted by atomic mass is 16.5. The van der Waals surface area contributed by atoms with Crippen molar-refractivity contribution in [1.29, 1.82) is 0 Å². The van der Waals surface area contributed by atoms with Crippen LogP contribution in [0.1, 0.15) is 44.2 Å². The smallest absolute Gasteiger partial charge is 0.259 e. The Hall–Kier alpha value is -3.30. The van der Waals surface area contributed by atoms with E-state index in [-0.39, 0.29) is 30.5 Å². The summed E-state index contributed by atoms with van der Waals surface area (Å²) in [5.41, 5.74) is 1.08. The maximum Gasteiger partial charge on any atom is 0.259 e. The van der Waals surface area contributed by atoms with E-state index in [2.05, 4.69) is 26.6 Å². The molecular formula is C27H32N6O3. The molecule has 5 heterocycles. The number of fused-ring (bicyclic) bond motifs is 1. The Morgan fingerprint density at radius 3 is 2.64 bits per heavy atom. The maximum absolute atomic E-state index is 13.4. The van der Waals surface area contributed by atoms with Gasteiger partial charge < -0.3 is 20.3 Å². The summed E-state index contributed by atoms with van der Waals surface area (Å²) in [5, 5.41) is 6.70. The van der Waals surface area contributed by atoms with Gasteiger partial charge in [0.05, 0.1) is 30.8 Å². The van der Waals surface area contributed by atoms with Crippen LogP contribution in [-0.4, -0.2) is 58.7 Å². The number of rotatable bonds is 6. The molecule has 0 aromatic carbocycles. The molecule has 9 heteroatoms. The van der Waals surface area contributed by atoms with Crippen LogP contribution in [-0.2, 0) is 14.9 Å². The zero-order chi connectivity index (χ0) is 24.5. The molecule has 36 heavy (non-hydrogen) atoms. The monoisotopic (exact) mass is 488 g/mol. The first kappa shape index (κ1) is 23.1. The fourth-order valence-electron chi connectivity index (χ4n) is 5.68. The number of amides is 1. The van der Waals surface area contributed by atoms with Crippen molar-refractivity contribution < 1.29 is 9.53 Å². The normalized spacial score (nSPS) is 21.9. The summed E-state index contributed by atoms with van der Waals surface area (Å²) in [6.07, 6.45) is 11.2. The first-order chi connectivity index (χ1) is 17.6. The van der Waals surface area contributed by atoms with Crippen LogP contribution in [0.4, 0.5) is 11.5 Å². The Bertz CT molecular complexity index is 1300. The van der Waals surface area contributed by atoms with Crippen molar-refractivity contribution in [1.82, 2.24) is 19.7 Å². The summed E-state index contributed by atoms with van der Waals surface area (Å²) in [6.45, 7) is 2.49. The first-order valence-corrected chi connectivity index (χ1v) is 13.0. The second-order valence-corrected chi connectivity index (χ2v) is 10.3. The first-order valence-electron chi connectivity index (χ1n) is 13.0. The fourth-order valence-corrected chi connectivity index (χ4v) is 5.68. The van der Waals surface area contributed by atoms with Crippen molar-refractivity contribution in [3.63, 3.8) is 0 Å². The van der Waals surface area contributed by atoms with Gasteiger partial charge in [0.1, 0.15) is 16.9 Å². The number of nitrogens with one attached hydrogen (secondary N) is 2. The molecule has 0 unspecified atom stereocenters. The predicted octanol–water partition coefficient (Wildman–Crippen LogP) is 2.50. The standard InChI is InChI=1S/C27H32N6O3/c34-25-14-23(30-24-9-3-4-13-33(24)25)31-26(35)27(17-36-18-27)22-11-10-21(15-28-22)32-12-5-8-20(16-32)29-19-6-1-2-7-19/h3-4,9-11,13-15,19-20,29H,1-2,5-8,12,16-18H2,(H,31,35)/t20-/m1/s1. The molecule has 1 saturated carbocycles. The van der Waals surface area contributed by atoms with Crippen LogP contribution in [0.3, 0.4) is 0 Å². The SMILES string of the molecule is O=C(Nc1cc(=O)n2ccccc2n1)C1(c2ccc(N3CCC[C@@H](NC4CCCC4)C3)cn2)COC1. The lowest BCUT2D eigenvalue weighted by Gasteiger charge is -2.39. The zero-order valence-electron chi connectivity index (χ0n) is 20.4. The van der Waals surface area contributed by atoms with Gasteiger partial charge in [0.25, 0.3) is 5.56 Å². The van der Waals surface area contributed by atoms with Gasteiger partial charge in [0.2, 0.25) is 5.91 Å². The van der Waals surface area contributed by atoms with Gasteiger partial charge in [-0.1, -0.05) is 18.9 Å². The van der Waals surface area contributed by atoms with E-state index in [1.165, 1.54) is 42.6 Å². The second kappa shape index (κ2) is 9.63. The molecule has 0 spiro atoms. The van der Waals surface area contributed by atoms with Gasteiger partial charge in [-0.05, 0) is 49.9 Å². The van der Waals surface area contributed by atoms with Crippen molar-refractivity contribution in [2.24, 2.45) is 0 Å². The van der Waals surface area contributed by atoms with E-state index >= 15 is 0 Å². The summed E-state index contributed by atoms with van der Waals surface area (Å²) in [5.74, 6) is -0.0341. The van der Waals surface area contributed by atoms with Crippen LogP contribution in [0.25, 0.3) is 5.65 Å². The van der Waals surface area contributed by atoms with Gasteiger partial charge in [-0.2, -0.15) is 0 Å². The highest BCUT2D eigenvalue weighted by molar-refractivity contribution is 5.99. The molecule has 188 valence electrons. The van der Waals surface area contributed by atoms with Crippen LogP contribution in [0.2, 0.25) is 0 Å². The van der Waals surface area contributed by atoms with Crippen molar-refractivity contribution in [2.75, 3.05) is 36.5 Å². The largest absolute Gasteiger partial charge is 0.378 e. The third kappa shape index (κ3) is 4.37. The number of hydrogen-bond acceptors (Lipinski definition) is 7. The lowest BCUT2D eigenvalue weighted by Crippen LogP contribution is -2.56. The molecule has 3 aromatic heterocycles. The van der Waals surface area contributed by atoms with Crippen molar-refractivity contribution in [3.8, 4) is 0 Å². The van der Waals surface area contributed by atoms with E-state index in [1.54, 1.807) is 24.4 Å². The Morgan fingerprint density at radius 2 is 1.89 bits per heavy atom. The van der Waals surface area contributed by atoms with E-state index in [0.717, 1.165) is 25.2 Å². The molecule has 3 fully saturated rings. The Kier molecular flexibility index (Phi) is 6.18. The zero-order valence-corrected chi connectivity index (χ0v) is 20.4. The van der Waals surface area contributed by atoms with E-state index in [0.29, 0.717) is 23.4 Å². The molecule has 6 rings (SSSR count). The third-order valence-corrected chi connectivity index (χ3v) is 7.80. The Labute approximate surface area is 209 Å². The Morgan fingerprint density at radius 1 is 1.06 bits per heavy atom. The molecule has 3 aromatic rings. The predicted molar refractivity (Wildman–Crippen MR) is 137 cm³/mol. The average molecular weight is 489 g/mol. The quantitative estimate of drug-likeness (QED) is 0.550. The van der Waals surface area contributed by atoms with Crippen molar-refractivity contribution >= 4 is 23.1 Å². The summed E-state index contributed by atoms with van der Waals surface area (Å²) < 4.78 is 6.90. The van der Waals surface area contributed by atoms with Crippen molar-refractivity contribution in [2.45, 2.75) is 56.0 Å². The third-order valence-electron chi connectivity index (χ3n) is 7.80. The van der Waals surface area contributed by atoms with Gasteiger partial charge in [0, 0.05) is 37.4 Å². The van der Waals surface area contributed by atoms with Gasteiger partial charge in [-0.15, -0.1) is 0 Å². The molecule has 2 aliphatic heterocycles. The minimum Gasteiger partial charge on any atom is -0.378 e. The minimum atomic E-state index is -0.892. The topological polar surface area (TPSA) is 101 Å². The number of anilines is 2. The average Bonchev–Trinajstić information content (AvgIpc) is 3.37. The van der Waals surface area contributed by atoms with Crippen molar-refractivity contribution in [3.05, 3.63) is 64.8 Å². The van der Waals surface area contributed by atoms with Gasteiger partial charge in [0.15, 0.2) is 0 Å². The van der Waals surface area contributed by atoms with E-state index in [1.807, 2.05) is 12.3 Å². The number of pyridine rings is 2. The summed E-state index contributed by atoms with van der Waals surface area (Å²) in [7, 11) is 0. The molecule has 0 radical (unpaired) electrons. The summed E-state index contributed by atoms with van der Waals surface area (Å²) in [4.78, 5) is 37.3. The number of carbonyl (C=O) groups is 1. The summed E-state index contributed by atoms with van der Waals surface area (Å²) >= 11 is 0. The van der Waals surface area contributed by atoms with Crippen LogP contribution >= 0.6 is 0 Å². The number of carbonyl (C=O) groups excluding carboxylic acids is 1. The van der Waals surface area contributed by atoms with Crippen LogP contribution < -0.4 is 21.1 Å². The Balaban J connectivity index is 1.16. The van der Waals surface area contributed by atoms with Crippen LogP contribution in [0.5, 0.6) is 0 Å². The second-order valence-electron chi connectivity index (χ2n) is 10.3. The number of hydrogen-bond donors (Lipinski definition) is 2. The maximum atomic E-state index is 13.4. The molecular weight excluding hydrogens is 456 g/mol. The molecule has 1 atom stereocenters. The molecule has 3 aliphatic rings. The number of piperidine rings is 1. The molecule has 1 aliphatic carbocycles.